The van der Waals surface area contributed by atoms with E-state index in [-0.39, 0.29) is 5.41 Å². The summed E-state index contributed by atoms with van der Waals surface area (Å²) < 4.78 is 6.20. The highest BCUT2D eigenvalue weighted by molar-refractivity contribution is 5.87. The maximum atomic E-state index is 13.1. The van der Waals surface area contributed by atoms with E-state index in [9.17, 15) is 4.79 Å². The molecule has 2 fully saturated rings. The number of carbonyl (C=O) groups excluding carboxylic acids is 1. The van der Waals surface area contributed by atoms with E-state index in [1.165, 1.54) is 24.0 Å². The van der Waals surface area contributed by atoms with Crippen molar-refractivity contribution in [3.8, 4) is 0 Å². The Bertz CT molecular complexity index is 887. The number of fused-ring (bicyclic) bond motifs is 5. The van der Waals surface area contributed by atoms with Crippen molar-refractivity contribution < 1.29 is 9.53 Å². The minimum absolute atomic E-state index is 0.226. The molecule has 2 nitrogen and oxygen atoms in total. The van der Waals surface area contributed by atoms with E-state index < -0.39 is 0 Å². The van der Waals surface area contributed by atoms with Gasteiger partial charge >= 0.3 is 0 Å². The average Bonchev–Trinajstić information content (AvgIpc) is 3.10. The smallest absolute Gasteiger partial charge is 0.141 e. The maximum absolute atomic E-state index is 13.1. The molecule has 5 rings (SSSR count). The van der Waals surface area contributed by atoms with Crippen molar-refractivity contribution in [1.29, 1.82) is 0 Å². The monoisotopic (exact) mass is 388 g/mol. The summed E-state index contributed by atoms with van der Waals surface area (Å²) in [5, 5.41) is 0. The van der Waals surface area contributed by atoms with Gasteiger partial charge in [-0.05, 0) is 78.5 Å². The van der Waals surface area contributed by atoms with Crippen LogP contribution in [0.4, 0.5) is 0 Å². The minimum Gasteiger partial charge on any atom is -0.376 e. The predicted octanol–water partition coefficient (Wildman–Crippen LogP) is 5.87. The summed E-state index contributed by atoms with van der Waals surface area (Å²) in [6.07, 6.45) is 7.48. The second kappa shape index (κ2) is 7.72. The fraction of sp³-hybridized carbons (Fsp3) is 0.519. The number of hydrogen-bond donors (Lipinski definition) is 0. The number of rotatable bonds is 5. The Kier molecular flexibility index (Phi) is 5.07. The number of aryl methyl sites for hydroxylation is 2. The molecule has 29 heavy (non-hydrogen) atoms. The van der Waals surface area contributed by atoms with E-state index in [2.05, 4.69) is 49.4 Å². The van der Waals surface area contributed by atoms with Gasteiger partial charge in [0.05, 0.1) is 18.6 Å². The molecule has 0 amide bonds. The number of carbonyl (C=O) groups is 1. The lowest BCUT2D eigenvalue weighted by Gasteiger charge is -2.49. The molecule has 0 unspecified atom stereocenters. The number of benzene rings is 2. The molecule has 3 aliphatic rings. The van der Waals surface area contributed by atoms with Gasteiger partial charge in [-0.15, -0.1) is 0 Å². The molecule has 152 valence electrons. The summed E-state index contributed by atoms with van der Waals surface area (Å²) in [6, 6.07) is 17.5. The molecule has 2 aromatic carbocycles. The van der Waals surface area contributed by atoms with Gasteiger partial charge < -0.3 is 4.74 Å². The minimum atomic E-state index is -0.226. The van der Waals surface area contributed by atoms with Crippen LogP contribution in [0.25, 0.3) is 0 Å². The van der Waals surface area contributed by atoms with Crippen LogP contribution in [0.15, 0.2) is 48.5 Å². The van der Waals surface area contributed by atoms with Gasteiger partial charge in [0.2, 0.25) is 0 Å². The summed E-state index contributed by atoms with van der Waals surface area (Å²) in [5.74, 6) is 2.27. The summed E-state index contributed by atoms with van der Waals surface area (Å²) in [4.78, 5) is 13.1. The first kappa shape index (κ1) is 19.1. The van der Waals surface area contributed by atoms with E-state index in [0.29, 0.717) is 36.8 Å². The Hall–Kier alpha value is -1.93. The number of Topliss-reactive ketones (excluding diaryl/α,β-unsaturated/α-hetero) is 1. The highest BCUT2D eigenvalue weighted by Crippen LogP contribution is 2.59. The maximum Gasteiger partial charge on any atom is 0.141 e. The van der Waals surface area contributed by atoms with Crippen molar-refractivity contribution in [2.75, 3.05) is 6.61 Å². The van der Waals surface area contributed by atoms with Crippen LogP contribution in [-0.2, 0) is 29.0 Å². The molecule has 0 saturated heterocycles. The second-order valence-electron chi connectivity index (χ2n) is 9.44. The Morgan fingerprint density at radius 2 is 1.86 bits per heavy atom. The summed E-state index contributed by atoms with van der Waals surface area (Å²) in [5.41, 5.74) is 5.57. The van der Waals surface area contributed by atoms with Crippen LogP contribution in [0.3, 0.4) is 0 Å². The van der Waals surface area contributed by atoms with Gasteiger partial charge in [-0.1, -0.05) is 55.5 Å². The normalized spacial score (nSPS) is 30.5. The summed E-state index contributed by atoms with van der Waals surface area (Å²) in [6.45, 7) is 3.46. The van der Waals surface area contributed by atoms with Gasteiger partial charge in [0.25, 0.3) is 0 Å². The fourth-order valence-electron chi connectivity index (χ4n) is 6.61. The first-order chi connectivity index (χ1) is 14.2. The van der Waals surface area contributed by atoms with Gasteiger partial charge in [0.1, 0.15) is 5.78 Å². The van der Waals surface area contributed by atoms with Crippen molar-refractivity contribution in [1.82, 2.24) is 0 Å². The third-order valence-corrected chi connectivity index (χ3v) is 8.12. The van der Waals surface area contributed by atoms with Crippen LogP contribution >= 0.6 is 0 Å². The van der Waals surface area contributed by atoms with Crippen LogP contribution in [0.1, 0.15) is 67.2 Å². The third-order valence-electron chi connectivity index (χ3n) is 8.12. The van der Waals surface area contributed by atoms with Gasteiger partial charge in [-0.2, -0.15) is 0 Å². The van der Waals surface area contributed by atoms with Crippen molar-refractivity contribution >= 4 is 5.78 Å². The SMILES string of the molecule is CCc1ccc2c(c1)[C@H]1CC[C@]3(COCc4ccccc4)C(=O)CC[C@H]3[C@@H]1CC2. The second-order valence-corrected chi connectivity index (χ2v) is 9.44. The zero-order valence-corrected chi connectivity index (χ0v) is 17.5. The highest BCUT2D eigenvalue weighted by Gasteiger charge is 2.57. The van der Waals surface area contributed by atoms with Crippen molar-refractivity contribution in [2.24, 2.45) is 17.3 Å². The molecule has 3 aliphatic carbocycles. The first-order valence-electron chi connectivity index (χ1n) is 11.5. The molecular weight excluding hydrogens is 356 g/mol. The Morgan fingerprint density at radius 3 is 2.69 bits per heavy atom. The molecule has 0 bridgehead atoms. The molecule has 2 heteroatoms. The van der Waals surface area contributed by atoms with E-state index in [1.54, 1.807) is 11.1 Å². The molecule has 2 saturated carbocycles. The third kappa shape index (κ3) is 3.26. The molecular formula is C27H32O2. The first-order valence-corrected chi connectivity index (χ1v) is 11.5. The van der Waals surface area contributed by atoms with Crippen molar-refractivity contribution in [3.63, 3.8) is 0 Å². The van der Waals surface area contributed by atoms with Gasteiger partial charge in [0, 0.05) is 6.42 Å². The number of hydrogen-bond acceptors (Lipinski definition) is 2. The number of ether oxygens (including phenoxy) is 1. The van der Waals surface area contributed by atoms with Gasteiger partial charge in [-0.3, -0.25) is 4.79 Å². The lowest BCUT2D eigenvalue weighted by atomic mass is 9.55. The predicted molar refractivity (Wildman–Crippen MR) is 116 cm³/mol. The number of ketones is 1. The molecule has 0 radical (unpaired) electrons. The van der Waals surface area contributed by atoms with E-state index in [1.807, 2.05) is 6.07 Å². The zero-order valence-electron chi connectivity index (χ0n) is 17.5. The lowest BCUT2D eigenvalue weighted by molar-refractivity contribution is -0.137. The Morgan fingerprint density at radius 1 is 1.00 bits per heavy atom. The van der Waals surface area contributed by atoms with Crippen molar-refractivity contribution in [3.05, 3.63) is 70.8 Å². The molecule has 0 spiro atoms. The molecule has 4 atom stereocenters. The standard InChI is InChI=1S/C27H32O2/c1-2-19-8-9-21-10-11-23-22(24(21)16-19)14-15-27(25(23)12-13-26(27)28)18-29-17-20-6-4-3-5-7-20/h3-9,16,22-23,25H,2,10-15,17-18H2,1H3/t22-,23+,25-,27+/m0/s1. The van der Waals surface area contributed by atoms with Gasteiger partial charge in [0.15, 0.2) is 0 Å². The molecule has 0 aromatic heterocycles. The Labute approximate surface area is 174 Å². The highest BCUT2D eigenvalue weighted by atomic mass is 16.5. The van der Waals surface area contributed by atoms with Crippen LogP contribution in [0, 0.1) is 17.3 Å². The molecule has 0 aliphatic heterocycles. The quantitative estimate of drug-likeness (QED) is 0.640. The largest absolute Gasteiger partial charge is 0.376 e. The topological polar surface area (TPSA) is 26.3 Å². The Balaban J connectivity index is 1.37. The van der Waals surface area contributed by atoms with Crippen LogP contribution in [-0.4, -0.2) is 12.4 Å². The molecule has 0 N–H and O–H groups in total. The van der Waals surface area contributed by atoms with Crippen LogP contribution in [0.2, 0.25) is 0 Å². The summed E-state index contributed by atoms with van der Waals surface area (Å²) >= 11 is 0. The molecule has 0 heterocycles. The lowest BCUT2D eigenvalue weighted by Crippen LogP contribution is -2.47. The van der Waals surface area contributed by atoms with Gasteiger partial charge in [-0.25, -0.2) is 0 Å². The van der Waals surface area contributed by atoms with Crippen LogP contribution in [0.5, 0.6) is 0 Å². The molecule has 2 aromatic rings. The van der Waals surface area contributed by atoms with E-state index in [4.69, 9.17) is 4.74 Å². The van der Waals surface area contributed by atoms with E-state index >= 15 is 0 Å². The van der Waals surface area contributed by atoms with Crippen molar-refractivity contribution in [2.45, 2.75) is 64.4 Å². The zero-order chi connectivity index (χ0) is 19.8. The van der Waals surface area contributed by atoms with E-state index in [0.717, 1.165) is 32.1 Å². The fourth-order valence-corrected chi connectivity index (χ4v) is 6.61. The average molecular weight is 389 g/mol. The van der Waals surface area contributed by atoms with Crippen LogP contribution < -0.4 is 0 Å². The summed E-state index contributed by atoms with van der Waals surface area (Å²) in [7, 11) is 0.